The fraction of sp³-hybridized carbons (Fsp3) is 0.911. The van der Waals surface area contributed by atoms with Crippen LogP contribution in [0.1, 0.15) is 173 Å². The Balaban J connectivity index is 0.000000160. The van der Waals surface area contributed by atoms with Crippen LogP contribution in [0.15, 0.2) is 0 Å². The van der Waals surface area contributed by atoms with E-state index in [2.05, 4.69) is 13.8 Å². The number of rotatable bonds is 9. The first-order valence-corrected chi connectivity index (χ1v) is 21.4. The van der Waals surface area contributed by atoms with Crippen molar-refractivity contribution < 1.29 is 48.3 Å². The third-order valence-electron chi connectivity index (χ3n) is 15.4. The van der Waals surface area contributed by atoms with Crippen LogP contribution < -0.4 is 0 Å². The number of esters is 4. The van der Waals surface area contributed by atoms with E-state index in [0.717, 1.165) is 43.9 Å². The Morgan fingerprint density at radius 2 is 1.09 bits per heavy atom. The van der Waals surface area contributed by atoms with E-state index in [1.807, 2.05) is 69.2 Å². The van der Waals surface area contributed by atoms with Crippen LogP contribution >= 0.6 is 0 Å². The highest BCUT2D eigenvalue weighted by Crippen LogP contribution is 2.61. The molecule has 0 aromatic rings. The van der Waals surface area contributed by atoms with Crippen molar-refractivity contribution in [2.75, 3.05) is 6.61 Å². The lowest BCUT2D eigenvalue weighted by molar-refractivity contribution is -0.264. The van der Waals surface area contributed by atoms with Gasteiger partial charge >= 0.3 is 23.9 Å². The van der Waals surface area contributed by atoms with Gasteiger partial charge in [0.2, 0.25) is 6.10 Å². The molecule has 1 heterocycles. The van der Waals surface area contributed by atoms with Crippen molar-refractivity contribution in [3.8, 4) is 0 Å². The summed E-state index contributed by atoms with van der Waals surface area (Å²) in [6.07, 6.45) is 11.8. The van der Waals surface area contributed by atoms with E-state index in [1.54, 1.807) is 0 Å². The highest BCUT2D eigenvalue weighted by atomic mass is 16.6. The SMILES string of the molecule is CCC(C)(C)C(=O)OC1(C)C2CC3CC(C2)CC1C3.CCC(C)(C)C(=O)OC12CC3CC(O)(CC(O)(C3)C1)C2.CCC(C)(C)C(=O)OC1C(=O)OCC1(C)C. The van der Waals surface area contributed by atoms with Crippen LogP contribution in [-0.4, -0.2) is 69.2 Å². The predicted molar refractivity (Wildman–Crippen MR) is 208 cm³/mol. The molecule has 9 fully saturated rings. The van der Waals surface area contributed by atoms with Gasteiger partial charge in [0.1, 0.15) is 17.8 Å². The monoisotopic (exact) mass is 775 g/mol. The van der Waals surface area contributed by atoms with E-state index in [9.17, 15) is 29.4 Å². The molecule has 0 radical (unpaired) electrons. The maximum atomic E-state index is 12.5. The summed E-state index contributed by atoms with van der Waals surface area (Å²) < 4.78 is 22.2. The Labute approximate surface area is 330 Å². The molecular formula is C45H74O10. The lowest BCUT2D eigenvalue weighted by Gasteiger charge is -2.62. The first kappa shape index (κ1) is 43.9. The molecule has 0 aromatic heterocycles. The lowest BCUT2D eigenvalue weighted by Crippen LogP contribution is -2.67. The zero-order valence-corrected chi connectivity index (χ0v) is 36.2. The van der Waals surface area contributed by atoms with Crippen LogP contribution in [0.4, 0.5) is 0 Å². The first-order chi connectivity index (χ1) is 25.1. The zero-order valence-electron chi connectivity index (χ0n) is 36.2. The molecule has 9 rings (SSSR count). The van der Waals surface area contributed by atoms with Crippen LogP contribution in [0.2, 0.25) is 0 Å². The van der Waals surface area contributed by atoms with Crippen molar-refractivity contribution in [2.24, 2.45) is 51.2 Å². The van der Waals surface area contributed by atoms with Crippen molar-refractivity contribution in [2.45, 2.75) is 201 Å². The molecule has 314 valence electrons. The average Bonchev–Trinajstić information content (AvgIpc) is 3.32. The molecule has 0 aromatic carbocycles. The summed E-state index contributed by atoms with van der Waals surface area (Å²) in [7, 11) is 0. The normalized spacial score (nSPS) is 39.3. The van der Waals surface area contributed by atoms with Crippen molar-refractivity contribution >= 4 is 23.9 Å². The van der Waals surface area contributed by atoms with Crippen molar-refractivity contribution in [1.29, 1.82) is 0 Å². The van der Waals surface area contributed by atoms with Crippen LogP contribution in [-0.2, 0) is 38.1 Å². The third kappa shape index (κ3) is 8.95. The van der Waals surface area contributed by atoms with Crippen LogP contribution in [0, 0.1) is 51.2 Å². The van der Waals surface area contributed by atoms with Crippen molar-refractivity contribution in [3.63, 3.8) is 0 Å². The fourth-order valence-corrected chi connectivity index (χ4v) is 11.0. The summed E-state index contributed by atoms with van der Waals surface area (Å²) in [6, 6.07) is 0. The topological polar surface area (TPSA) is 146 Å². The maximum Gasteiger partial charge on any atom is 0.348 e. The molecule has 3 atom stereocenters. The van der Waals surface area contributed by atoms with Gasteiger partial charge in [-0.15, -0.1) is 0 Å². The van der Waals surface area contributed by atoms with Gasteiger partial charge in [0.05, 0.1) is 27.4 Å². The maximum absolute atomic E-state index is 12.5. The number of aliphatic hydroxyl groups is 2. The molecule has 2 N–H and O–H groups in total. The highest BCUT2D eigenvalue weighted by molar-refractivity contribution is 5.83. The Hall–Kier alpha value is -2.20. The second kappa shape index (κ2) is 14.9. The minimum Gasteiger partial charge on any atom is -0.462 e. The summed E-state index contributed by atoms with van der Waals surface area (Å²) in [5.41, 5.74) is -4.33. The van der Waals surface area contributed by atoms with E-state index in [1.165, 1.54) is 32.1 Å². The van der Waals surface area contributed by atoms with Gasteiger partial charge in [-0.05, 0) is 149 Å². The zero-order chi connectivity index (χ0) is 41.2. The second-order valence-electron chi connectivity index (χ2n) is 22.0. The number of hydrogen-bond acceptors (Lipinski definition) is 10. The van der Waals surface area contributed by atoms with Gasteiger partial charge in [0.25, 0.3) is 0 Å². The summed E-state index contributed by atoms with van der Waals surface area (Å²) in [4.78, 5) is 48.2. The summed E-state index contributed by atoms with van der Waals surface area (Å²) in [5.74, 6) is 2.41. The molecular weight excluding hydrogens is 700 g/mol. The van der Waals surface area contributed by atoms with Gasteiger partial charge in [-0.3, -0.25) is 14.4 Å². The molecule has 1 saturated heterocycles. The van der Waals surface area contributed by atoms with E-state index < -0.39 is 45.1 Å². The summed E-state index contributed by atoms with van der Waals surface area (Å²) in [5, 5.41) is 21.3. The van der Waals surface area contributed by atoms with Gasteiger partial charge in [-0.1, -0.05) is 34.6 Å². The standard InChI is InChI=1S/C17H28O2.C16H26O4.C12H20O4/c1-5-16(2,3)15(18)19-17(4)13-7-11-6-12(9-13)10-14(17)8-11;1-4-13(2,3)12(17)20-16-7-11-5-14(18,9-16)8-15(19,6-11)10-16;1-6-11(2,3)10(14)16-8-9(13)15-7-12(8,4)5/h11-14H,5-10H2,1-4H3;11,18-19H,4-10H2,1-3H3;8H,6-7H2,1-5H3. The molecule has 10 heteroatoms. The Morgan fingerprint density at radius 3 is 1.49 bits per heavy atom. The number of hydrogen-bond donors (Lipinski definition) is 2. The second-order valence-corrected chi connectivity index (χ2v) is 22.0. The minimum atomic E-state index is -0.842. The molecule has 8 bridgehead atoms. The van der Waals surface area contributed by atoms with Crippen LogP contribution in [0.5, 0.6) is 0 Å². The Morgan fingerprint density at radius 1 is 0.655 bits per heavy atom. The number of carbonyl (C=O) groups excluding carboxylic acids is 4. The molecule has 0 amide bonds. The lowest BCUT2D eigenvalue weighted by atomic mass is 9.50. The summed E-state index contributed by atoms with van der Waals surface area (Å²) >= 11 is 0. The summed E-state index contributed by atoms with van der Waals surface area (Å²) in [6.45, 7) is 23.6. The molecule has 8 saturated carbocycles. The molecule has 10 nitrogen and oxygen atoms in total. The van der Waals surface area contributed by atoms with Gasteiger partial charge in [0.15, 0.2) is 0 Å². The number of ether oxygens (including phenoxy) is 4. The largest absolute Gasteiger partial charge is 0.462 e. The number of carbonyl (C=O) groups is 4. The molecule has 9 aliphatic rings. The Bertz CT molecular complexity index is 1430. The smallest absolute Gasteiger partial charge is 0.348 e. The fourth-order valence-electron chi connectivity index (χ4n) is 11.0. The van der Waals surface area contributed by atoms with Crippen LogP contribution in [0.3, 0.4) is 0 Å². The minimum absolute atomic E-state index is 0.0185. The third-order valence-corrected chi connectivity index (χ3v) is 15.4. The molecule has 1 aliphatic heterocycles. The van der Waals surface area contributed by atoms with E-state index in [-0.39, 0.29) is 34.8 Å². The average molecular weight is 775 g/mol. The van der Waals surface area contributed by atoms with E-state index in [0.29, 0.717) is 44.1 Å². The predicted octanol–water partition coefficient (Wildman–Crippen LogP) is 8.26. The van der Waals surface area contributed by atoms with E-state index >= 15 is 0 Å². The highest BCUT2D eigenvalue weighted by Gasteiger charge is 2.65. The van der Waals surface area contributed by atoms with Gasteiger partial charge < -0.3 is 29.2 Å². The Kier molecular flexibility index (Phi) is 11.9. The molecule has 3 unspecified atom stereocenters. The van der Waals surface area contributed by atoms with Crippen molar-refractivity contribution in [3.05, 3.63) is 0 Å². The van der Waals surface area contributed by atoms with Crippen molar-refractivity contribution in [1.82, 2.24) is 0 Å². The molecule has 8 aliphatic carbocycles. The van der Waals surface area contributed by atoms with Crippen LogP contribution in [0.25, 0.3) is 0 Å². The quantitative estimate of drug-likeness (QED) is 0.173. The number of cyclic esters (lactones) is 1. The first-order valence-electron chi connectivity index (χ1n) is 21.4. The van der Waals surface area contributed by atoms with Gasteiger partial charge in [0, 0.05) is 24.7 Å². The van der Waals surface area contributed by atoms with Gasteiger partial charge in [-0.2, -0.15) is 0 Å². The molecule has 0 spiro atoms. The van der Waals surface area contributed by atoms with E-state index in [4.69, 9.17) is 18.9 Å². The molecule has 55 heavy (non-hydrogen) atoms. The van der Waals surface area contributed by atoms with Gasteiger partial charge in [-0.25, -0.2) is 4.79 Å².